The summed E-state index contributed by atoms with van der Waals surface area (Å²) in [5.41, 5.74) is 3.70. The van der Waals surface area contributed by atoms with Crippen molar-refractivity contribution in [1.82, 2.24) is 19.7 Å². The molecule has 4 rings (SSSR count). The SMILES string of the molecule is Cc1ccc(CC(=O)C[C@@H](c2nnc(CCCC(C)(C)C)n2C2CC2)N2CCCC2=O)c(C)c1. The Bertz CT molecular complexity index is 1050. The first-order valence-corrected chi connectivity index (χ1v) is 12.9. The van der Waals surface area contributed by atoms with Crippen molar-refractivity contribution >= 4 is 11.7 Å². The Morgan fingerprint density at radius 2 is 1.94 bits per heavy atom. The Hall–Kier alpha value is -2.50. The molecule has 0 radical (unpaired) electrons. The van der Waals surface area contributed by atoms with Crippen LogP contribution in [-0.2, 0) is 22.4 Å². The van der Waals surface area contributed by atoms with Gasteiger partial charge in [-0.1, -0.05) is 44.5 Å². The number of benzene rings is 1. The van der Waals surface area contributed by atoms with Crippen LogP contribution in [0.1, 0.15) is 106 Å². The van der Waals surface area contributed by atoms with Crippen LogP contribution in [-0.4, -0.2) is 37.9 Å². The van der Waals surface area contributed by atoms with Crippen LogP contribution in [0.5, 0.6) is 0 Å². The molecule has 1 aromatic heterocycles. The first-order valence-electron chi connectivity index (χ1n) is 12.9. The van der Waals surface area contributed by atoms with Crippen molar-refractivity contribution in [2.75, 3.05) is 6.54 Å². The molecule has 1 amide bonds. The molecule has 0 unspecified atom stereocenters. The molecule has 1 atom stereocenters. The number of nitrogens with zero attached hydrogens (tertiary/aromatic N) is 4. The maximum absolute atomic E-state index is 13.3. The zero-order valence-corrected chi connectivity index (χ0v) is 21.6. The van der Waals surface area contributed by atoms with Gasteiger partial charge in [-0.05, 0) is 62.5 Å². The van der Waals surface area contributed by atoms with Crippen molar-refractivity contribution in [1.29, 1.82) is 0 Å². The predicted molar refractivity (Wildman–Crippen MR) is 134 cm³/mol. The average molecular weight is 465 g/mol. The number of carbonyl (C=O) groups excluding carboxylic acids is 2. The number of likely N-dealkylation sites (tertiary alicyclic amines) is 1. The van der Waals surface area contributed by atoms with Crippen LogP contribution in [0.3, 0.4) is 0 Å². The second kappa shape index (κ2) is 10.0. The molecule has 2 aliphatic rings. The number of hydrogen-bond donors (Lipinski definition) is 0. The van der Waals surface area contributed by atoms with Crippen LogP contribution in [0.4, 0.5) is 0 Å². The third kappa shape index (κ3) is 5.94. The third-order valence-electron chi connectivity index (χ3n) is 7.12. The summed E-state index contributed by atoms with van der Waals surface area (Å²) in [6, 6.07) is 6.32. The largest absolute Gasteiger partial charge is 0.332 e. The lowest BCUT2D eigenvalue weighted by molar-refractivity contribution is -0.131. The summed E-state index contributed by atoms with van der Waals surface area (Å²) in [6.07, 6.45) is 7.40. The van der Waals surface area contributed by atoms with E-state index in [2.05, 4.69) is 67.6 Å². The molecular formula is C28H40N4O2. The molecule has 0 spiro atoms. The van der Waals surface area contributed by atoms with Crippen molar-refractivity contribution in [3.05, 3.63) is 46.5 Å². The second-order valence-corrected chi connectivity index (χ2v) is 11.5. The van der Waals surface area contributed by atoms with Crippen LogP contribution in [0, 0.1) is 19.3 Å². The molecule has 1 aromatic carbocycles. The van der Waals surface area contributed by atoms with Crippen LogP contribution in [0.25, 0.3) is 0 Å². The molecule has 2 heterocycles. The molecule has 1 saturated carbocycles. The Morgan fingerprint density at radius 1 is 1.18 bits per heavy atom. The molecule has 34 heavy (non-hydrogen) atoms. The molecule has 0 bridgehead atoms. The van der Waals surface area contributed by atoms with E-state index in [4.69, 9.17) is 0 Å². The number of hydrogen-bond acceptors (Lipinski definition) is 4. The number of rotatable bonds is 10. The summed E-state index contributed by atoms with van der Waals surface area (Å²) in [5.74, 6) is 2.11. The topological polar surface area (TPSA) is 68.1 Å². The van der Waals surface area contributed by atoms with Crippen LogP contribution in [0.2, 0.25) is 0 Å². The molecule has 2 fully saturated rings. The normalized spacial score (nSPS) is 17.4. The molecule has 2 aromatic rings. The standard InChI is InChI=1S/C28H40N4O2/c1-19-10-11-21(20(2)16-19)17-23(33)18-24(31-15-7-9-26(31)34)27-30-29-25(32(27)22-12-13-22)8-6-14-28(3,4)5/h10-11,16,22,24H,6-9,12-15,17-18H2,1-5H3/t24-/m0/s1. The van der Waals surface area contributed by atoms with E-state index in [0.717, 1.165) is 61.3 Å². The lowest BCUT2D eigenvalue weighted by Crippen LogP contribution is -2.34. The summed E-state index contributed by atoms with van der Waals surface area (Å²) in [5, 5.41) is 9.22. The Balaban J connectivity index is 1.57. The second-order valence-electron chi connectivity index (χ2n) is 11.5. The third-order valence-corrected chi connectivity index (χ3v) is 7.12. The highest BCUT2D eigenvalue weighted by Gasteiger charge is 2.38. The Morgan fingerprint density at radius 3 is 2.56 bits per heavy atom. The van der Waals surface area contributed by atoms with Crippen LogP contribution in [0.15, 0.2) is 18.2 Å². The molecule has 0 N–H and O–H groups in total. The van der Waals surface area contributed by atoms with E-state index in [0.29, 0.717) is 31.8 Å². The van der Waals surface area contributed by atoms with Gasteiger partial charge in [-0.3, -0.25) is 9.59 Å². The lowest BCUT2D eigenvalue weighted by atomic mass is 9.90. The molecule has 1 aliphatic carbocycles. The van der Waals surface area contributed by atoms with E-state index in [-0.39, 0.29) is 23.1 Å². The highest BCUT2D eigenvalue weighted by molar-refractivity contribution is 5.84. The van der Waals surface area contributed by atoms with Gasteiger partial charge in [0.15, 0.2) is 5.82 Å². The minimum Gasteiger partial charge on any atom is -0.332 e. The van der Waals surface area contributed by atoms with Crippen molar-refractivity contribution in [2.24, 2.45) is 5.41 Å². The van der Waals surface area contributed by atoms with Crippen LogP contribution < -0.4 is 0 Å². The lowest BCUT2D eigenvalue weighted by Gasteiger charge is -2.27. The van der Waals surface area contributed by atoms with Gasteiger partial charge >= 0.3 is 0 Å². The zero-order valence-electron chi connectivity index (χ0n) is 21.6. The van der Waals surface area contributed by atoms with Gasteiger partial charge in [0.2, 0.25) is 5.91 Å². The summed E-state index contributed by atoms with van der Waals surface area (Å²) in [4.78, 5) is 27.9. The van der Waals surface area contributed by atoms with E-state index >= 15 is 0 Å². The highest BCUT2D eigenvalue weighted by Crippen LogP contribution is 2.40. The quantitative estimate of drug-likeness (QED) is 0.468. The maximum atomic E-state index is 13.3. The molecular weight excluding hydrogens is 424 g/mol. The zero-order chi connectivity index (χ0) is 24.5. The number of carbonyl (C=O) groups is 2. The van der Waals surface area contributed by atoms with Crippen LogP contribution >= 0.6 is 0 Å². The fourth-order valence-corrected chi connectivity index (χ4v) is 5.13. The average Bonchev–Trinajstić information content (AvgIpc) is 3.36. The van der Waals surface area contributed by atoms with Gasteiger partial charge in [-0.15, -0.1) is 10.2 Å². The number of Topliss-reactive ketones (excluding diaryl/α,β-unsaturated/α-hetero) is 1. The molecule has 1 aliphatic heterocycles. The van der Waals surface area contributed by atoms with Gasteiger partial charge in [-0.25, -0.2) is 0 Å². The Kier molecular flexibility index (Phi) is 7.25. The summed E-state index contributed by atoms with van der Waals surface area (Å²) in [7, 11) is 0. The fourth-order valence-electron chi connectivity index (χ4n) is 5.13. The minimum atomic E-state index is -0.322. The number of aromatic nitrogens is 3. The number of aryl methyl sites for hydroxylation is 3. The maximum Gasteiger partial charge on any atom is 0.223 e. The van der Waals surface area contributed by atoms with E-state index < -0.39 is 0 Å². The van der Waals surface area contributed by atoms with Crippen molar-refractivity contribution in [3.8, 4) is 0 Å². The van der Waals surface area contributed by atoms with Crippen molar-refractivity contribution < 1.29 is 9.59 Å². The minimum absolute atomic E-state index is 0.129. The smallest absolute Gasteiger partial charge is 0.223 e. The first kappa shape index (κ1) is 24.6. The van der Waals surface area contributed by atoms with Gasteiger partial charge in [0.1, 0.15) is 11.6 Å². The van der Waals surface area contributed by atoms with E-state index in [1.807, 2.05) is 4.90 Å². The molecule has 1 saturated heterocycles. The van der Waals surface area contributed by atoms with Gasteiger partial charge in [-0.2, -0.15) is 0 Å². The summed E-state index contributed by atoms with van der Waals surface area (Å²) < 4.78 is 2.28. The highest BCUT2D eigenvalue weighted by atomic mass is 16.2. The molecule has 184 valence electrons. The van der Waals surface area contributed by atoms with Crippen molar-refractivity contribution in [2.45, 2.75) is 104 Å². The van der Waals surface area contributed by atoms with E-state index in [1.54, 1.807) is 0 Å². The molecule has 6 nitrogen and oxygen atoms in total. The van der Waals surface area contributed by atoms with E-state index in [1.165, 1.54) is 5.56 Å². The summed E-state index contributed by atoms with van der Waals surface area (Å²) >= 11 is 0. The monoisotopic (exact) mass is 464 g/mol. The van der Waals surface area contributed by atoms with Gasteiger partial charge in [0.05, 0.1) is 6.04 Å². The van der Waals surface area contributed by atoms with E-state index in [9.17, 15) is 9.59 Å². The van der Waals surface area contributed by atoms with Gasteiger partial charge in [0.25, 0.3) is 0 Å². The predicted octanol–water partition coefficient (Wildman–Crippen LogP) is 5.46. The summed E-state index contributed by atoms with van der Waals surface area (Å²) in [6.45, 7) is 11.6. The van der Waals surface area contributed by atoms with Gasteiger partial charge in [0, 0.05) is 38.3 Å². The number of amides is 1. The first-order chi connectivity index (χ1) is 16.1. The van der Waals surface area contributed by atoms with Crippen molar-refractivity contribution in [3.63, 3.8) is 0 Å². The molecule has 6 heteroatoms. The Labute approximate surface area is 204 Å². The number of ketones is 1. The van der Waals surface area contributed by atoms with Gasteiger partial charge < -0.3 is 9.47 Å². The fraction of sp³-hybridized carbons (Fsp3) is 0.643.